The van der Waals surface area contributed by atoms with Gasteiger partial charge in [-0.05, 0) is 51.4 Å². The van der Waals surface area contributed by atoms with Crippen molar-refractivity contribution in [3.05, 3.63) is 17.1 Å². The summed E-state index contributed by atoms with van der Waals surface area (Å²) in [5.41, 5.74) is 2.72. The molecule has 0 radical (unpaired) electrons. The molecule has 3 heteroatoms. The number of hydrogen-bond donors (Lipinski definition) is 1. The Balaban J connectivity index is 1.92. The Labute approximate surface area is 122 Å². The fourth-order valence-electron chi connectivity index (χ4n) is 3.78. The third-order valence-electron chi connectivity index (χ3n) is 4.85. The Bertz CT molecular complexity index is 470. The van der Waals surface area contributed by atoms with Gasteiger partial charge in [0.15, 0.2) is 0 Å². The van der Waals surface area contributed by atoms with Gasteiger partial charge in [0.1, 0.15) is 11.6 Å². The molecule has 2 unspecified atom stereocenters. The van der Waals surface area contributed by atoms with E-state index in [1.807, 2.05) is 0 Å². The highest BCUT2D eigenvalue weighted by Crippen LogP contribution is 2.36. The fourth-order valence-corrected chi connectivity index (χ4v) is 3.78. The van der Waals surface area contributed by atoms with Crippen LogP contribution < -0.4 is 5.32 Å². The van der Waals surface area contributed by atoms with Crippen molar-refractivity contribution >= 4 is 5.82 Å². The third kappa shape index (κ3) is 2.82. The molecule has 1 N–H and O–H groups in total. The van der Waals surface area contributed by atoms with Gasteiger partial charge in [0.2, 0.25) is 0 Å². The highest BCUT2D eigenvalue weighted by molar-refractivity contribution is 5.48. The second-order valence-electron chi connectivity index (χ2n) is 6.56. The van der Waals surface area contributed by atoms with Gasteiger partial charge in [-0.25, -0.2) is 9.97 Å². The Kier molecular flexibility index (Phi) is 4.23. The standard InChI is InChI=1S/C17H27N3/c1-3-18-17-14-9-4-5-10-15(14)19-16(20-17)13-8-6-7-12(2)11-13/h12-13H,3-11H2,1-2H3,(H,18,19,20). The summed E-state index contributed by atoms with van der Waals surface area (Å²) in [6.07, 6.45) is 10.1. The highest BCUT2D eigenvalue weighted by Gasteiger charge is 2.25. The molecule has 2 aliphatic carbocycles. The van der Waals surface area contributed by atoms with Crippen LogP contribution >= 0.6 is 0 Å². The lowest BCUT2D eigenvalue weighted by molar-refractivity contribution is 0.334. The third-order valence-corrected chi connectivity index (χ3v) is 4.85. The van der Waals surface area contributed by atoms with Crippen LogP contribution in [0.25, 0.3) is 0 Å². The molecule has 110 valence electrons. The molecule has 0 bridgehead atoms. The zero-order valence-corrected chi connectivity index (χ0v) is 12.9. The minimum absolute atomic E-state index is 0.586. The molecule has 20 heavy (non-hydrogen) atoms. The molecule has 1 saturated carbocycles. The molecule has 1 aromatic rings. The van der Waals surface area contributed by atoms with Crippen LogP contribution in [0, 0.1) is 5.92 Å². The lowest BCUT2D eigenvalue weighted by Gasteiger charge is -2.27. The van der Waals surface area contributed by atoms with E-state index in [2.05, 4.69) is 19.2 Å². The Morgan fingerprint density at radius 3 is 2.75 bits per heavy atom. The lowest BCUT2D eigenvalue weighted by Crippen LogP contribution is -2.19. The summed E-state index contributed by atoms with van der Waals surface area (Å²) in [5.74, 6) is 3.66. The first kappa shape index (κ1) is 13.8. The molecule has 1 aromatic heterocycles. The average molecular weight is 273 g/mol. The van der Waals surface area contributed by atoms with E-state index >= 15 is 0 Å². The van der Waals surface area contributed by atoms with E-state index in [9.17, 15) is 0 Å². The number of nitrogens with one attached hydrogen (secondary N) is 1. The van der Waals surface area contributed by atoms with Gasteiger partial charge < -0.3 is 5.32 Å². The molecular weight excluding hydrogens is 246 g/mol. The van der Waals surface area contributed by atoms with Gasteiger partial charge in [-0.3, -0.25) is 0 Å². The second kappa shape index (κ2) is 6.11. The number of nitrogens with zero attached hydrogens (tertiary/aromatic N) is 2. The van der Waals surface area contributed by atoms with Crippen molar-refractivity contribution in [3.8, 4) is 0 Å². The van der Waals surface area contributed by atoms with Crippen molar-refractivity contribution < 1.29 is 0 Å². The first-order valence-electron chi connectivity index (χ1n) is 8.41. The number of aromatic nitrogens is 2. The minimum Gasteiger partial charge on any atom is -0.370 e. The average Bonchev–Trinajstić information content (AvgIpc) is 2.47. The van der Waals surface area contributed by atoms with Crippen LogP contribution in [0.5, 0.6) is 0 Å². The molecule has 1 fully saturated rings. The van der Waals surface area contributed by atoms with E-state index in [-0.39, 0.29) is 0 Å². The van der Waals surface area contributed by atoms with Gasteiger partial charge in [-0.1, -0.05) is 19.8 Å². The maximum absolute atomic E-state index is 4.96. The van der Waals surface area contributed by atoms with Crippen LogP contribution in [0.3, 0.4) is 0 Å². The van der Waals surface area contributed by atoms with Crippen molar-refractivity contribution in [1.82, 2.24) is 9.97 Å². The summed E-state index contributed by atoms with van der Waals surface area (Å²) >= 11 is 0. The molecule has 0 amide bonds. The van der Waals surface area contributed by atoms with Crippen LogP contribution in [0.1, 0.15) is 75.4 Å². The van der Waals surface area contributed by atoms with Crippen LogP contribution in [0.4, 0.5) is 5.82 Å². The quantitative estimate of drug-likeness (QED) is 0.901. The van der Waals surface area contributed by atoms with Crippen molar-refractivity contribution in [2.45, 2.75) is 71.1 Å². The normalized spacial score (nSPS) is 26.1. The second-order valence-corrected chi connectivity index (χ2v) is 6.56. The Morgan fingerprint density at radius 1 is 1.10 bits per heavy atom. The predicted octanol–water partition coefficient (Wildman–Crippen LogP) is 4.08. The molecular formula is C17H27N3. The smallest absolute Gasteiger partial charge is 0.134 e. The maximum Gasteiger partial charge on any atom is 0.134 e. The molecule has 0 saturated heterocycles. The Hall–Kier alpha value is -1.12. The first-order valence-corrected chi connectivity index (χ1v) is 8.41. The molecule has 3 nitrogen and oxygen atoms in total. The van der Waals surface area contributed by atoms with E-state index in [1.165, 1.54) is 49.8 Å². The molecule has 0 aliphatic heterocycles. The van der Waals surface area contributed by atoms with E-state index in [1.54, 1.807) is 0 Å². The van der Waals surface area contributed by atoms with E-state index in [0.717, 1.165) is 36.9 Å². The van der Waals surface area contributed by atoms with Crippen LogP contribution in [-0.4, -0.2) is 16.5 Å². The SMILES string of the molecule is CCNc1nc(C2CCCC(C)C2)nc2c1CCCC2. The molecule has 0 aromatic carbocycles. The first-order chi connectivity index (χ1) is 9.78. The van der Waals surface area contributed by atoms with Gasteiger partial charge in [0.05, 0.1) is 0 Å². The van der Waals surface area contributed by atoms with Gasteiger partial charge >= 0.3 is 0 Å². The molecule has 0 spiro atoms. The topological polar surface area (TPSA) is 37.8 Å². The van der Waals surface area contributed by atoms with Gasteiger partial charge in [-0.15, -0.1) is 0 Å². The minimum atomic E-state index is 0.586. The summed E-state index contributed by atoms with van der Waals surface area (Å²) in [5, 5.41) is 3.48. The Morgan fingerprint density at radius 2 is 1.95 bits per heavy atom. The number of hydrogen-bond acceptors (Lipinski definition) is 3. The maximum atomic E-state index is 4.96. The van der Waals surface area contributed by atoms with Gasteiger partial charge in [0.25, 0.3) is 0 Å². The number of rotatable bonds is 3. The van der Waals surface area contributed by atoms with Crippen molar-refractivity contribution in [2.75, 3.05) is 11.9 Å². The number of anilines is 1. The number of aryl methyl sites for hydroxylation is 1. The fraction of sp³-hybridized carbons (Fsp3) is 0.765. The zero-order chi connectivity index (χ0) is 13.9. The van der Waals surface area contributed by atoms with Crippen molar-refractivity contribution in [2.24, 2.45) is 5.92 Å². The zero-order valence-electron chi connectivity index (χ0n) is 12.9. The van der Waals surface area contributed by atoms with Crippen LogP contribution in [0.2, 0.25) is 0 Å². The van der Waals surface area contributed by atoms with E-state index < -0.39 is 0 Å². The summed E-state index contributed by atoms with van der Waals surface area (Å²) in [6, 6.07) is 0. The van der Waals surface area contributed by atoms with E-state index in [0.29, 0.717) is 5.92 Å². The number of fused-ring (bicyclic) bond motifs is 1. The summed E-state index contributed by atoms with van der Waals surface area (Å²) in [4.78, 5) is 9.87. The molecule has 2 atom stereocenters. The summed E-state index contributed by atoms with van der Waals surface area (Å²) in [7, 11) is 0. The molecule has 3 rings (SSSR count). The van der Waals surface area contributed by atoms with Gasteiger partial charge in [0, 0.05) is 23.7 Å². The highest BCUT2D eigenvalue weighted by atomic mass is 15.0. The monoisotopic (exact) mass is 273 g/mol. The van der Waals surface area contributed by atoms with Gasteiger partial charge in [-0.2, -0.15) is 0 Å². The summed E-state index contributed by atoms with van der Waals surface area (Å²) < 4.78 is 0. The van der Waals surface area contributed by atoms with Crippen molar-refractivity contribution in [1.29, 1.82) is 0 Å². The van der Waals surface area contributed by atoms with Crippen LogP contribution in [-0.2, 0) is 12.8 Å². The van der Waals surface area contributed by atoms with Crippen molar-refractivity contribution in [3.63, 3.8) is 0 Å². The summed E-state index contributed by atoms with van der Waals surface area (Å²) in [6.45, 7) is 5.47. The lowest BCUT2D eigenvalue weighted by atomic mass is 9.82. The predicted molar refractivity (Wildman–Crippen MR) is 83.2 cm³/mol. The largest absolute Gasteiger partial charge is 0.370 e. The van der Waals surface area contributed by atoms with Crippen LogP contribution in [0.15, 0.2) is 0 Å². The van der Waals surface area contributed by atoms with E-state index in [4.69, 9.17) is 9.97 Å². The molecule has 1 heterocycles. The molecule has 2 aliphatic rings.